The third kappa shape index (κ3) is 7.87. The van der Waals surface area contributed by atoms with E-state index in [0.29, 0.717) is 31.5 Å². The maximum Gasteiger partial charge on any atom is 0.490 e. The summed E-state index contributed by atoms with van der Waals surface area (Å²) >= 11 is 0. The van der Waals surface area contributed by atoms with E-state index in [1.54, 1.807) is 6.20 Å². The summed E-state index contributed by atoms with van der Waals surface area (Å²) in [6, 6.07) is 11.8. The molecule has 1 aromatic heterocycles. The zero-order chi connectivity index (χ0) is 28.7. The number of carboxylic acid groups (broad SMARTS) is 1. The first-order chi connectivity index (χ1) is 18.4. The van der Waals surface area contributed by atoms with Crippen LogP contribution in [0.4, 0.5) is 23.4 Å². The fourth-order valence-corrected chi connectivity index (χ4v) is 4.01. The fourth-order valence-electron chi connectivity index (χ4n) is 4.01. The lowest BCUT2D eigenvalue weighted by Gasteiger charge is -2.16. The SMILES string of the molecule is Cc1cc(F)cc(CNc2ncc3n(c2=O)[C@H](C(=O)NCc2ccc(CN)cc2)CC3)c1.O=C(O)C(F)(F)F. The number of benzene rings is 2. The lowest BCUT2D eigenvalue weighted by molar-refractivity contribution is -0.192. The van der Waals surface area contributed by atoms with Crippen LogP contribution in [-0.2, 0) is 35.6 Å². The highest BCUT2D eigenvalue weighted by Gasteiger charge is 2.38. The Morgan fingerprint density at radius 3 is 2.33 bits per heavy atom. The standard InChI is InChI=1S/C24H26FN5O2.C2HF3O2/c1-15-8-18(10-19(25)9-15)13-27-22-24(32)30-20(14-28-22)6-7-21(30)23(31)29-12-17-4-2-16(11-26)3-5-17;3-2(4,5)1(6)7/h2-5,8-10,14,21H,6-7,11-13,26H2,1H3,(H,27,28)(H,29,31);(H,6,7)/t21-;/m0./s1. The van der Waals surface area contributed by atoms with E-state index in [0.717, 1.165) is 22.4 Å². The van der Waals surface area contributed by atoms with Crippen LogP contribution in [0.1, 0.15) is 40.4 Å². The molecule has 0 fully saturated rings. The number of rotatable bonds is 7. The monoisotopic (exact) mass is 549 g/mol. The molecule has 0 aliphatic carbocycles. The molecule has 2 heterocycles. The summed E-state index contributed by atoms with van der Waals surface area (Å²) in [6.07, 6.45) is -2.31. The lowest BCUT2D eigenvalue weighted by atomic mass is 10.1. The maximum atomic E-state index is 13.6. The van der Waals surface area contributed by atoms with Gasteiger partial charge in [-0.05, 0) is 54.2 Å². The predicted molar refractivity (Wildman–Crippen MR) is 134 cm³/mol. The Bertz CT molecular complexity index is 1370. The first kappa shape index (κ1) is 29.3. The summed E-state index contributed by atoms with van der Waals surface area (Å²) in [5.41, 5.74) is 9.50. The minimum Gasteiger partial charge on any atom is -0.475 e. The van der Waals surface area contributed by atoms with E-state index in [-0.39, 0.29) is 29.6 Å². The average Bonchev–Trinajstić information content (AvgIpc) is 3.32. The number of nitrogens with one attached hydrogen (secondary N) is 2. The number of carbonyl (C=O) groups is 2. The minimum atomic E-state index is -5.08. The van der Waals surface area contributed by atoms with E-state index in [9.17, 15) is 27.2 Å². The molecule has 13 heteroatoms. The molecule has 0 bridgehead atoms. The Kier molecular flexibility index (Phi) is 9.41. The van der Waals surface area contributed by atoms with Gasteiger partial charge in [-0.2, -0.15) is 13.2 Å². The van der Waals surface area contributed by atoms with Gasteiger partial charge >= 0.3 is 12.1 Å². The van der Waals surface area contributed by atoms with Gasteiger partial charge in [-0.15, -0.1) is 0 Å². The van der Waals surface area contributed by atoms with Crippen LogP contribution in [-0.4, -0.2) is 32.7 Å². The van der Waals surface area contributed by atoms with Gasteiger partial charge in [-0.3, -0.25) is 14.2 Å². The third-order valence-corrected chi connectivity index (χ3v) is 5.89. The number of fused-ring (bicyclic) bond motifs is 1. The van der Waals surface area contributed by atoms with Crippen LogP contribution in [0.2, 0.25) is 0 Å². The van der Waals surface area contributed by atoms with Crippen molar-refractivity contribution in [2.75, 3.05) is 5.32 Å². The highest BCUT2D eigenvalue weighted by molar-refractivity contribution is 5.81. The highest BCUT2D eigenvalue weighted by atomic mass is 19.4. The largest absolute Gasteiger partial charge is 0.490 e. The quantitative estimate of drug-likeness (QED) is 0.332. The van der Waals surface area contributed by atoms with Crippen LogP contribution in [0, 0.1) is 12.7 Å². The molecular formula is C26H27F4N5O4. The molecule has 0 radical (unpaired) electrons. The van der Waals surface area contributed by atoms with E-state index in [2.05, 4.69) is 15.6 Å². The molecule has 0 saturated carbocycles. The molecule has 5 N–H and O–H groups in total. The van der Waals surface area contributed by atoms with Gasteiger partial charge in [0.15, 0.2) is 5.82 Å². The second-order valence-corrected chi connectivity index (χ2v) is 8.86. The zero-order valence-electron chi connectivity index (χ0n) is 20.9. The number of carbonyl (C=O) groups excluding carboxylic acids is 1. The number of alkyl halides is 3. The first-order valence-electron chi connectivity index (χ1n) is 11.8. The number of carboxylic acids is 1. The number of nitrogens with two attached hydrogens (primary N) is 1. The summed E-state index contributed by atoms with van der Waals surface area (Å²) in [6.45, 7) is 2.91. The Morgan fingerprint density at radius 1 is 1.10 bits per heavy atom. The Labute approximate surface area is 220 Å². The second kappa shape index (κ2) is 12.5. The van der Waals surface area contributed by atoms with Crippen molar-refractivity contribution < 1.29 is 32.3 Å². The molecule has 1 aliphatic rings. The summed E-state index contributed by atoms with van der Waals surface area (Å²) in [7, 11) is 0. The summed E-state index contributed by atoms with van der Waals surface area (Å²) < 4.78 is 46.9. The Balaban J connectivity index is 0.000000532. The van der Waals surface area contributed by atoms with Gasteiger partial charge in [-0.25, -0.2) is 14.2 Å². The van der Waals surface area contributed by atoms with Crippen molar-refractivity contribution >= 4 is 17.7 Å². The number of aromatic nitrogens is 2. The smallest absolute Gasteiger partial charge is 0.475 e. The summed E-state index contributed by atoms with van der Waals surface area (Å²) in [4.78, 5) is 39.0. The van der Waals surface area contributed by atoms with Gasteiger partial charge in [0.25, 0.3) is 5.56 Å². The first-order valence-corrected chi connectivity index (χ1v) is 11.8. The van der Waals surface area contributed by atoms with Gasteiger partial charge in [0, 0.05) is 31.5 Å². The Morgan fingerprint density at radius 2 is 1.74 bits per heavy atom. The predicted octanol–water partition coefficient (Wildman–Crippen LogP) is 3.20. The van der Waals surface area contributed by atoms with E-state index < -0.39 is 18.2 Å². The minimum absolute atomic E-state index is 0.146. The van der Waals surface area contributed by atoms with Crippen molar-refractivity contribution in [2.24, 2.45) is 5.73 Å². The van der Waals surface area contributed by atoms with Crippen molar-refractivity contribution in [2.45, 2.75) is 51.6 Å². The van der Waals surface area contributed by atoms with Crippen molar-refractivity contribution in [3.8, 4) is 0 Å². The molecule has 208 valence electrons. The molecule has 0 unspecified atom stereocenters. The number of aliphatic carboxylic acids is 1. The van der Waals surface area contributed by atoms with Gasteiger partial charge in [0.1, 0.15) is 11.9 Å². The van der Waals surface area contributed by atoms with Gasteiger partial charge in [0.05, 0.1) is 0 Å². The van der Waals surface area contributed by atoms with Crippen LogP contribution in [0.5, 0.6) is 0 Å². The number of hydrogen-bond donors (Lipinski definition) is 4. The number of hydrogen-bond acceptors (Lipinski definition) is 6. The Hall–Kier alpha value is -4.26. The number of aryl methyl sites for hydroxylation is 2. The number of halogens is 4. The van der Waals surface area contributed by atoms with Crippen molar-refractivity contribution in [1.82, 2.24) is 14.9 Å². The molecule has 9 nitrogen and oxygen atoms in total. The molecule has 1 atom stereocenters. The van der Waals surface area contributed by atoms with Crippen LogP contribution in [0.3, 0.4) is 0 Å². The van der Waals surface area contributed by atoms with Crippen LogP contribution >= 0.6 is 0 Å². The highest BCUT2D eigenvalue weighted by Crippen LogP contribution is 2.24. The molecule has 0 saturated heterocycles. The molecule has 1 amide bonds. The van der Waals surface area contributed by atoms with Gasteiger partial charge in [0.2, 0.25) is 5.91 Å². The second-order valence-electron chi connectivity index (χ2n) is 8.86. The van der Waals surface area contributed by atoms with Crippen LogP contribution in [0.25, 0.3) is 0 Å². The average molecular weight is 550 g/mol. The van der Waals surface area contributed by atoms with Crippen LogP contribution < -0.4 is 21.9 Å². The summed E-state index contributed by atoms with van der Waals surface area (Å²) in [5.74, 6) is -3.14. The number of amides is 1. The maximum absolute atomic E-state index is 13.6. The molecule has 3 aromatic rings. The van der Waals surface area contributed by atoms with Crippen LogP contribution in [0.15, 0.2) is 53.5 Å². The molecule has 39 heavy (non-hydrogen) atoms. The van der Waals surface area contributed by atoms with E-state index >= 15 is 0 Å². The third-order valence-electron chi connectivity index (χ3n) is 5.89. The number of nitrogens with zero attached hydrogens (tertiary/aromatic N) is 2. The van der Waals surface area contributed by atoms with Gasteiger partial charge < -0.3 is 21.5 Å². The van der Waals surface area contributed by atoms with Crippen molar-refractivity contribution in [3.63, 3.8) is 0 Å². The topological polar surface area (TPSA) is 139 Å². The fraction of sp³-hybridized carbons (Fsp3) is 0.308. The lowest BCUT2D eigenvalue weighted by Crippen LogP contribution is -2.36. The van der Waals surface area contributed by atoms with E-state index in [4.69, 9.17) is 15.6 Å². The number of anilines is 1. The molecule has 0 spiro atoms. The van der Waals surface area contributed by atoms with Crippen molar-refractivity contribution in [3.05, 3.63) is 92.8 Å². The summed E-state index contributed by atoms with van der Waals surface area (Å²) in [5, 5.41) is 13.0. The van der Waals surface area contributed by atoms with E-state index in [1.807, 2.05) is 37.3 Å². The van der Waals surface area contributed by atoms with E-state index in [1.165, 1.54) is 16.7 Å². The normalized spacial score (nSPS) is 14.2. The molecule has 1 aliphatic heterocycles. The molecule has 2 aromatic carbocycles. The molecular weight excluding hydrogens is 522 g/mol. The molecule has 4 rings (SSSR count). The van der Waals surface area contributed by atoms with Gasteiger partial charge in [-0.1, -0.05) is 30.3 Å². The zero-order valence-corrected chi connectivity index (χ0v) is 20.9. The van der Waals surface area contributed by atoms with Crippen molar-refractivity contribution in [1.29, 1.82) is 0 Å².